The van der Waals surface area contributed by atoms with Crippen LogP contribution in [0.25, 0.3) is 0 Å². The average molecular weight is 235 g/mol. The Balaban J connectivity index is 2.44. The normalized spacial score (nSPS) is 10.6. The smallest absolute Gasteiger partial charge is 0.221 e. The van der Waals surface area contributed by atoms with E-state index >= 15 is 0 Å². The summed E-state index contributed by atoms with van der Waals surface area (Å²) in [6, 6.07) is 8.23. The second-order valence-corrected chi connectivity index (χ2v) is 4.19. The first-order valence-corrected chi connectivity index (χ1v) is 5.82. The molecule has 1 aromatic carbocycles. The zero-order chi connectivity index (χ0) is 12.7. The maximum atomic E-state index is 11.1. The quantitative estimate of drug-likeness (QED) is 0.763. The molecule has 3 N–H and O–H groups in total. The maximum Gasteiger partial charge on any atom is 0.221 e. The van der Waals surface area contributed by atoms with Gasteiger partial charge in [0.2, 0.25) is 5.91 Å². The predicted octanol–water partition coefficient (Wildman–Crippen LogP) is 0.713. The molecule has 0 aromatic heterocycles. The molecule has 4 nitrogen and oxygen atoms in total. The highest BCUT2D eigenvalue weighted by Crippen LogP contribution is 2.07. The van der Waals surface area contributed by atoms with Crippen LogP contribution in [0.4, 0.5) is 0 Å². The molecule has 94 valence electrons. The Morgan fingerprint density at radius 1 is 1.41 bits per heavy atom. The molecule has 0 saturated heterocycles. The van der Waals surface area contributed by atoms with Gasteiger partial charge in [0.05, 0.1) is 0 Å². The number of carbonyl (C=O) groups excluding carboxylic acids is 1. The second kappa shape index (κ2) is 7.04. The molecule has 0 aliphatic heterocycles. The lowest BCUT2D eigenvalue weighted by atomic mass is 10.1. The maximum absolute atomic E-state index is 11.1. The van der Waals surface area contributed by atoms with E-state index in [0.29, 0.717) is 13.0 Å². The molecule has 0 saturated carbocycles. The molecule has 0 spiro atoms. The molecule has 0 aliphatic carbocycles. The lowest BCUT2D eigenvalue weighted by molar-refractivity contribution is -0.120. The number of nitrogens with one attached hydrogen (secondary N) is 1. The van der Waals surface area contributed by atoms with Gasteiger partial charge in [0.15, 0.2) is 0 Å². The van der Waals surface area contributed by atoms with Gasteiger partial charge < -0.3 is 16.0 Å². The van der Waals surface area contributed by atoms with Crippen LogP contribution in [0.1, 0.15) is 17.5 Å². The van der Waals surface area contributed by atoms with Crippen LogP contribution in [0.2, 0.25) is 0 Å². The van der Waals surface area contributed by atoms with Crippen LogP contribution in [0, 0.1) is 0 Å². The van der Waals surface area contributed by atoms with Crippen molar-refractivity contribution in [1.29, 1.82) is 0 Å². The minimum atomic E-state index is 0.0764. The van der Waals surface area contributed by atoms with Crippen molar-refractivity contribution in [3.8, 4) is 0 Å². The predicted molar refractivity (Wildman–Crippen MR) is 69.4 cm³/mol. The molecule has 0 atom stereocenters. The summed E-state index contributed by atoms with van der Waals surface area (Å²) in [5.74, 6) is 0.0764. The number of rotatable bonds is 6. The second-order valence-electron chi connectivity index (χ2n) is 4.19. The molecule has 1 rings (SSSR count). The molecule has 0 heterocycles. The number of benzene rings is 1. The summed E-state index contributed by atoms with van der Waals surface area (Å²) in [4.78, 5) is 13.2. The van der Waals surface area contributed by atoms with Gasteiger partial charge in [-0.05, 0) is 18.2 Å². The molecular formula is C13H21N3O. The van der Waals surface area contributed by atoms with Gasteiger partial charge in [-0.25, -0.2) is 0 Å². The number of carbonyl (C=O) groups is 1. The van der Waals surface area contributed by atoms with E-state index in [-0.39, 0.29) is 5.91 Å². The highest BCUT2D eigenvalue weighted by molar-refractivity contribution is 5.75. The number of hydrogen-bond donors (Lipinski definition) is 2. The van der Waals surface area contributed by atoms with Crippen LogP contribution in [-0.4, -0.2) is 31.4 Å². The fourth-order valence-electron chi connectivity index (χ4n) is 1.66. The van der Waals surface area contributed by atoms with Gasteiger partial charge in [0.25, 0.3) is 0 Å². The van der Waals surface area contributed by atoms with Gasteiger partial charge >= 0.3 is 0 Å². The number of amides is 1. The first kappa shape index (κ1) is 13.7. The van der Waals surface area contributed by atoms with E-state index in [1.54, 1.807) is 7.05 Å². The van der Waals surface area contributed by atoms with Crippen molar-refractivity contribution in [3.05, 3.63) is 35.4 Å². The Bertz CT molecular complexity index is 365. The van der Waals surface area contributed by atoms with Crippen molar-refractivity contribution in [1.82, 2.24) is 10.2 Å². The molecule has 0 bridgehead atoms. The van der Waals surface area contributed by atoms with Crippen molar-refractivity contribution in [2.24, 2.45) is 5.73 Å². The van der Waals surface area contributed by atoms with Crippen molar-refractivity contribution in [2.75, 3.05) is 20.6 Å². The summed E-state index contributed by atoms with van der Waals surface area (Å²) in [6.45, 7) is 2.16. The molecule has 17 heavy (non-hydrogen) atoms. The van der Waals surface area contributed by atoms with Gasteiger partial charge in [-0.15, -0.1) is 0 Å². The van der Waals surface area contributed by atoms with E-state index in [2.05, 4.69) is 22.3 Å². The minimum absolute atomic E-state index is 0.0764. The minimum Gasteiger partial charge on any atom is -0.359 e. The molecule has 4 heteroatoms. The summed E-state index contributed by atoms with van der Waals surface area (Å²) in [5.41, 5.74) is 7.97. The van der Waals surface area contributed by atoms with Crippen molar-refractivity contribution in [2.45, 2.75) is 19.5 Å². The zero-order valence-electron chi connectivity index (χ0n) is 10.6. The van der Waals surface area contributed by atoms with Crippen LogP contribution in [-0.2, 0) is 17.9 Å². The van der Waals surface area contributed by atoms with Crippen LogP contribution in [0.15, 0.2) is 24.3 Å². The van der Waals surface area contributed by atoms with Crippen molar-refractivity contribution in [3.63, 3.8) is 0 Å². The SMILES string of the molecule is CNC(=O)CCN(C)Cc1cccc(CN)c1. The van der Waals surface area contributed by atoms with E-state index in [1.807, 2.05) is 19.2 Å². The third-order valence-electron chi connectivity index (χ3n) is 2.68. The monoisotopic (exact) mass is 235 g/mol. The van der Waals surface area contributed by atoms with Crippen molar-refractivity contribution < 1.29 is 4.79 Å². The lowest BCUT2D eigenvalue weighted by Crippen LogP contribution is -2.26. The van der Waals surface area contributed by atoms with E-state index in [0.717, 1.165) is 18.7 Å². The molecule has 1 amide bonds. The summed E-state index contributed by atoms with van der Waals surface area (Å²) >= 11 is 0. The Morgan fingerprint density at radius 3 is 2.76 bits per heavy atom. The first-order valence-electron chi connectivity index (χ1n) is 5.82. The van der Waals surface area contributed by atoms with Gasteiger partial charge in [0, 0.05) is 33.1 Å². The van der Waals surface area contributed by atoms with Crippen LogP contribution >= 0.6 is 0 Å². The van der Waals surface area contributed by atoms with Crippen molar-refractivity contribution >= 4 is 5.91 Å². The van der Waals surface area contributed by atoms with E-state index in [1.165, 1.54) is 5.56 Å². The summed E-state index contributed by atoms with van der Waals surface area (Å²) in [6.07, 6.45) is 0.531. The molecule has 0 aliphatic rings. The fourth-order valence-corrected chi connectivity index (χ4v) is 1.66. The van der Waals surface area contributed by atoms with E-state index in [4.69, 9.17) is 5.73 Å². The van der Waals surface area contributed by atoms with Crippen LogP contribution in [0.3, 0.4) is 0 Å². The fraction of sp³-hybridized carbons (Fsp3) is 0.462. The van der Waals surface area contributed by atoms with E-state index in [9.17, 15) is 4.79 Å². The Labute approximate surface area is 103 Å². The molecule has 0 unspecified atom stereocenters. The van der Waals surface area contributed by atoms with Gasteiger partial charge in [-0.3, -0.25) is 4.79 Å². The molecule has 0 fully saturated rings. The third kappa shape index (κ3) is 4.97. The standard InChI is InChI=1S/C13H21N3O/c1-15-13(17)6-7-16(2)10-12-5-3-4-11(8-12)9-14/h3-5,8H,6-7,9-10,14H2,1-2H3,(H,15,17). The van der Waals surface area contributed by atoms with Crippen LogP contribution < -0.4 is 11.1 Å². The Morgan fingerprint density at radius 2 is 2.12 bits per heavy atom. The molecule has 0 radical (unpaired) electrons. The Kier molecular flexibility index (Phi) is 5.66. The summed E-state index contributed by atoms with van der Waals surface area (Å²) in [7, 11) is 3.67. The zero-order valence-corrected chi connectivity index (χ0v) is 10.6. The highest BCUT2D eigenvalue weighted by atomic mass is 16.1. The molecular weight excluding hydrogens is 214 g/mol. The average Bonchev–Trinajstić information content (AvgIpc) is 2.36. The summed E-state index contributed by atoms with van der Waals surface area (Å²) < 4.78 is 0. The van der Waals surface area contributed by atoms with Gasteiger partial charge in [-0.1, -0.05) is 24.3 Å². The topological polar surface area (TPSA) is 58.4 Å². The Hall–Kier alpha value is -1.39. The van der Waals surface area contributed by atoms with Crippen LogP contribution in [0.5, 0.6) is 0 Å². The highest BCUT2D eigenvalue weighted by Gasteiger charge is 2.04. The number of nitrogens with two attached hydrogens (primary N) is 1. The number of nitrogens with zero attached hydrogens (tertiary/aromatic N) is 1. The first-order chi connectivity index (χ1) is 8.15. The number of hydrogen-bond acceptors (Lipinski definition) is 3. The molecule has 1 aromatic rings. The van der Waals surface area contributed by atoms with Gasteiger partial charge in [-0.2, -0.15) is 0 Å². The van der Waals surface area contributed by atoms with Gasteiger partial charge in [0.1, 0.15) is 0 Å². The lowest BCUT2D eigenvalue weighted by Gasteiger charge is -2.16. The third-order valence-corrected chi connectivity index (χ3v) is 2.68. The van der Waals surface area contributed by atoms with E-state index < -0.39 is 0 Å². The largest absolute Gasteiger partial charge is 0.359 e. The summed E-state index contributed by atoms with van der Waals surface area (Å²) in [5, 5.41) is 2.62.